The van der Waals surface area contributed by atoms with Crippen LogP contribution in [0, 0.1) is 0 Å². The van der Waals surface area contributed by atoms with E-state index >= 15 is 0 Å². The Morgan fingerprint density at radius 1 is 0.870 bits per heavy atom. The van der Waals surface area contributed by atoms with Gasteiger partial charge < -0.3 is 4.74 Å². The van der Waals surface area contributed by atoms with E-state index in [2.05, 4.69) is 12.2 Å². The number of benzene rings is 2. The van der Waals surface area contributed by atoms with Gasteiger partial charge in [0.1, 0.15) is 5.75 Å². The number of primary sulfonamides is 1. The summed E-state index contributed by atoms with van der Waals surface area (Å²) < 4.78 is 27.9. The molecule has 0 unspecified atom stereocenters. The van der Waals surface area contributed by atoms with Gasteiger partial charge in [0.2, 0.25) is 10.0 Å². The lowest BCUT2D eigenvalue weighted by atomic mass is 9.95. The van der Waals surface area contributed by atoms with Gasteiger partial charge in [-0.3, -0.25) is 0 Å². The standard InChI is InChI=1S/C18H17NO3S/c1-22-15-9-5-13(6-10-15)17-3-2-4-18(17)14-7-11-16(12-8-14)23(19,20)21/h3-12H,2H2,1H3,(H2,19,20,21). The summed E-state index contributed by atoms with van der Waals surface area (Å²) in [7, 11) is -2.02. The fraction of sp³-hybridized carbons (Fsp3) is 0.111. The zero-order valence-corrected chi connectivity index (χ0v) is 13.5. The average Bonchev–Trinajstić information content (AvgIpc) is 3.04. The van der Waals surface area contributed by atoms with Crippen LogP contribution in [0.3, 0.4) is 0 Å². The number of hydrogen-bond donors (Lipinski definition) is 1. The van der Waals surface area contributed by atoms with Crippen LogP contribution >= 0.6 is 0 Å². The second-order valence-electron chi connectivity index (χ2n) is 5.27. The molecule has 2 aromatic rings. The quantitative estimate of drug-likeness (QED) is 0.937. The molecular formula is C18H17NO3S. The van der Waals surface area contributed by atoms with Crippen LogP contribution in [0.5, 0.6) is 5.75 Å². The second kappa shape index (κ2) is 6.02. The molecule has 2 N–H and O–H groups in total. The molecule has 0 radical (unpaired) electrons. The predicted molar refractivity (Wildman–Crippen MR) is 91.4 cm³/mol. The van der Waals surface area contributed by atoms with Crippen LogP contribution in [0.1, 0.15) is 17.5 Å². The third kappa shape index (κ3) is 3.21. The molecule has 3 rings (SSSR count). The summed E-state index contributed by atoms with van der Waals surface area (Å²) in [5, 5.41) is 5.14. The lowest BCUT2D eigenvalue weighted by Crippen LogP contribution is -2.11. The summed E-state index contributed by atoms with van der Waals surface area (Å²) in [5.74, 6) is 0.815. The maximum Gasteiger partial charge on any atom is 0.238 e. The fourth-order valence-corrected chi connectivity index (χ4v) is 3.17. The van der Waals surface area contributed by atoms with Gasteiger partial charge in [-0.1, -0.05) is 36.4 Å². The molecule has 0 heterocycles. The highest BCUT2D eigenvalue weighted by molar-refractivity contribution is 7.89. The topological polar surface area (TPSA) is 69.4 Å². The Bertz CT molecular complexity index is 877. The first-order valence-corrected chi connectivity index (χ1v) is 8.72. The largest absolute Gasteiger partial charge is 0.497 e. The van der Waals surface area contributed by atoms with Gasteiger partial charge >= 0.3 is 0 Å². The molecule has 0 aliphatic heterocycles. The van der Waals surface area contributed by atoms with E-state index in [1.807, 2.05) is 24.3 Å². The highest BCUT2D eigenvalue weighted by atomic mass is 32.2. The summed E-state index contributed by atoms with van der Waals surface area (Å²) in [6, 6.07) is 14.5. The predicted octanol–water partition coefficient (Wildman–Crippen LogP) is 3.21. The first-order valence-electron chi connectivity index (χ1n) is 7.17. The molecule has 118 valence electrons. The van der Waals surface area contributed by atoms with Crippen molar-refractivity contribution in [3.63, 3.8) is 0 Å². The summed E-state index contributed by atoms with van der Waals surface area (Å²) in [4.78, 5) is 0.120. The smallest absolute Gasteiger partial charge is 0.238 e. The maximum absolute atomic E-state index is 11.4. The molecule has 5 heteroatoms. The number of hydrogen-bond acceptors (Lipinski definition) is 3. The number of sulfonamides is 1. The minimum atomic E-state index is -3.66. The second-order valence-corrected chi connectivity index (χ2v) is 6.83. The molecule has 0 saturated heterocycles. The Morgan fingerprint density at radius 3 is 1.78 bits per heavy atom. The van der Waals surface area contributed by atoms with E-state index in [9.17, 15) is 8.42 Å². The molecule has 2 aromatic carbocycles. The van der Waals surface area contributed by atoms with E-state index in [0.717, 1.165) is 34.4 Å². The van der Waals surface area contributed by atoms with Gasteiger partial charge in [-0.15, -0.1) is 0 Å². The zero-order chi connectivity index (χ0) is 16.4. The van der Waals surface area contributed by atoms with E-state index in [4.69, 9.17) is 9.88 Å². The lowest BCUT2D eigenvalue weighted by molar-refractivity contribution is 0.415. The van der Waals surface area contributed by atoms with E-state index in [1.54, 1.807) is 19.2 Å². The van der Waals surface area contributed by atoms with Gasteiger partial charge in [-0.05, 0) is 53.0 Å². The maximum atomic E-state index is 11.4. The molecule has 0 atom stereocenters. The molecule has 4 nitrogen and oxygen atoms in total. The molecule has 0 aromatic heterocycles. The minimum Gasteiger partial charge on any atom is -0.497 e. The van der Waals surface area contributed by atoms with Crippen molar-refractivity contribution >= 4 is 21.2 Å². The number of ether oxygens (including phenoxy) is 1. The third-order valence-electron chi connectivity index (χ3n) is 3.83. The van der Waals surface area contributed by atoms with Gasteiger partial charge in [0.25, 0.3) is 0 Å². The summed E-state index contributed by atoms with van der Waals surface area (Å²) >= 11 is 0. The average molecular weight is 327 g/mol. The Labute approximate surface area is 136 Å². The van der Waals surface area contributed by atoms with Crippen LogP contribution in [0.2, 0.25) is 0 Å². The van der Waals surface area contributed by atoms with Gasteiger partial charge in [0.15, 0.2) is 0 Å². The van der Waals surface area contributed by atoms with E-state index < -0.39 is 10.0 Å². The van der Waals surface area contributed by atoms with Crippen LogP contribution in [0.15, 0.2) is 65.6 Å². The molecule has 0 fully saturated rings. The third-order valence-corrected chi connectivity index (χ3v) is 4.76. The van der Waals surface area contributed by atoms with Gasteiger partial charge in [0, 0.05) is 0 Å². The molecule has 0 amide bonds. The molecule has 1 aliphatic carbocycles. The summed E-state index contributed by atoms with van der Waals surface area (Å²) in [6.45, 7) is 0. The van der Waals surface area contributed by atoms with E-state index in [-0.39, 0.29) is 4.90 Å². The Kier molecular flexibility index (Phi) is 4.07. The van der Waals surface area contributed by atoms with Crippen molar-refractivity contribution in [2.75, 3.05) is 7.11 Å². The zero-order valence-electron chi connectivity index (χ0n) is 12.7. The number of allylic oxidation sites excluding steroid dienone is 4. The van der Waals surface area contributed by atoms with Crippen LogP contribution in [-0.4, -0.2) is 15.5 Å². The Morgan fingerprint density at radius 2 is 1.35 bits per heavy atom. The van der Waals surface area contributed by atoms with Crippen LogP contribution < -0.4 is 9.88 Å². The van der Waals surface area contributed by atoms with Gasteiger partial charge in [-0.25, -0.2) is 13.6 Å². The summed E-state index contributed by atoms with van der Waals surface area (Å²) in [5.41, 5.74) is 4.30. The van der Waals surface area contributed by atoms with Crippen molar-refractivity contribution in [3.05, 3.63) is 71.8 Å². The van der Waals surface area contributed by atoms with Crippen molar-refractivity contribution in [1.82, 2.24) is 0 Å². The molecule has 1 aliphatic rings. The van der Waals surface area contributed by atoms with E-state index in [0.29, 0.717) is 0 Å². The normalized spacial score (nSPS) is 14.3. The Hall–Kier alpha value is -2.37. The van der Waals surface area contributed by atoms with Crippen molar-refractivity contribution in [1.29, 1.82) is 0 Å². The SMILES string of the molecule is COc1ccc(C2=CCC=C2c2ccc(S(N)(=O)=O)cc2)cc1. The molecular weight excluding hydrogens is 310 g/mol. The van der Waals surface area contributed by atoms with Crippen molar-refractivity contribution in [2.45, 2.75) is 11.3 Å². The monoisotopic (exact) mass is 327 g/mol. The molecule has 23 heavy (non-hydrogen) atoms. The van der Waals surface area contributed by atoms with Crippen molar-refractivity contribution < 1.29 is 13.2 Å². The van der Waals surface area contributed by atoms with Crippen LogP contribution in [-0.2, 0) is 10.0 Å². The number of rotatable bonds is 4. The van der Waals surface area contributed by atoms with Crippen LogP contribution in [0.25, 0.3) is 11.1 Å². The lowest BCUT2D eigenvalue weighted by Gasteiger charge is -2.11. The highest BCUT2D eigenvalue weighted by Gasteiger charge is 2.15. The van der Waals surface area contributed by atoms with Gasteiger partial charge in [0.05, 0.1) is 12.0 Å². The van der Waals surface area contributed by atoms with E-state index in [1.165, 1.54) is 12.1 Å². The number of nitrogens with two attached hydrogens (primary N) is 1. The van der Waals surface area contributed by atoms with Crippen LogP contribution in [0.4, 0.5) is 0 Å². The highest BCUT2D eigenvalue weighted by Crippen LogP contribution is 2.36. The Balaban J connectivity index is 1.92. The fourth-order valence-electron chi connectivity index (χ4n) is 2.66. The molecule has 0 spiro atoms. The first-order chi connectivity index (χ1) is 11.0. The van der Waals surface area contributed by atoms with Crippen molar-refractivity contribution in [3.8, 4) is 5.75 Å². The number of methoxy groups -OCH3 is 1. The molecule has 0 saturated carbocycles. The van der Waals surface area contributed by atoms with Crippen molar-refractivity contribution in [2.24, 2.45) is 5.14 Å². The molecule has 0 bridgehead atoms. The first kappa shape index (κ1) is 15.5. The minimum absolute atomic E-state index is 0.120. The van der Waals surface area contributed by atoms with Gasteiger partial charge in [-0.2, -0.15) is 0 Å². The summed E-state index contributed by atoms with van der Waals surface area (Å²) in [6.07, 6.45) is 5.14.